The zero-order chi connectivity index (χ0) is 15.0. The van der Waals surface area contributed by atoms with Gasteiger partial charge < -0.3 is 15.5 Å². The number of ether oxygens (including phenoxy) is 1. The number of nitrogens with two attached hydrogens (primary N) is 1. The number of benzene rings is 2. The van der Waals surface area contributed by atoms with Gasteiger partial charge in [0.05, 0.1) is 23.0 Å². The Kier molecular flexibility index (Phi) is 3.39. The van der Waals surface area contributed by atoms with Crippen molar-refractivity contribution in [1.82, 2.24) is 9.97 Å². The summed E-state index contributed by atoms with van der Waals surface area (Å²) in [6.45, 7) is 1.86. The van der Waals surface area contributed by atoms with Crippen LogP contribution in [-0.2, 0) is 10.8 Å². The van der Waals surface area contributed by atoms with E-state index in [1.165, 1.54) is 0 Å². The summed E-state index contributed by atoms with van der Waals surface area (Å²) in [5.74, 6) is 0.726. The average molecular weight is 301 g/mol. The number of aromatic amines is 1. The molecule has 1 unspecified atom stereocenters. The van der Waals surface area contributed by atoms with E-state index in [2.05, 4.69) is 9.97 Å². The molecule has 0 aliphatic heterocycles. The molecule has 2 aromatic carbocycles. The molecule has 3 aromatic rings. The first-order valence-electron chi connectivity index (χ1n) is 6.41. The lowest BCUT2D eigenvalue weighted by Crippen LogP contribution is -2.00. The van der Waals surface area contributed by atoms with E-state index in [-0.39, 0.29) is 0 Å². The number of methoxy groups -OCH3 is 1. The van der Waals surface area contributed by atoms with Crippen molar-refractivity contribution in [2.75, 3.05) is 12.8 Å². The second kappa shape index (κ2) is 5.21. The predicted molar refractivity (Wildman–Crippen MR) is 82.9 cm³/mol. The third kappa shape index (κ3) is 2.38. The maximum Gasteiger partial charge on any atom is 0.202 e. The molecule has 0 spiro atoms. The molecule has 1 atom stereocenters. The van der Waals surface area contributed by atoms with Crippen LogP contribution in [0.5, 0.6) is 5.75 Å². The molecule has 0 bridgehead atoms. The lowest BCUT2D eigenvalue weighted by molar-refractivity contribution is 0.415. The van der Waals surface area contributed by atoms with Gasteiger partial charge in [0, 0.05) is 11.8 Å². The monoisotopic (exact) mass is 301 g/mol. The van der Waals surface area contributed by atoms with E-state index in [1.54, 1.807) is 25.3 Å². The van der Waals surface area contributed by atoms with Crippen molar-refractivity contribution in [3.8, 4) is 5.75 Å². The van der Waals surface area contributed by atoms with Gasteiger partial charge in [-0.05, 0) is 36.8 Å². The molecule has 108 valence electrons. The molecule has 0 fully saturated rings. The van der Waals surface area contributed by atoms with E-state index in [4.69, 9.17) is 10.5 Å². The largest absolute Gasteiger partial charge is 0.497 e. The molecule has 0 saturated heterocycles. The molecule has 0 radical (unpaired) electrons. The van der Waals surface area contributed by atoms with Gasteiger partial charge >= 0.3 is 0 Å². The van der Waals surface area contributed by atoms with E-state index in [1.807, 2.05) is 25.1 Å². The Bertz CT molecular complexity index is 842. The van der Waals surface area contributed by atoms with Crippen molar-refractivity contribution in [3.05, 3.63) is 42.0 Å². The van der Waals surface area contributed by atoms with Crippen LogP contribution in [0.1, 0.15) is 5.56 Å². The van der Waals surface area contributed by atoms with Gasteiger partial charge in [0.1, 0.15) is 16.5 Å². The van der Waals surface area contributed by atoms with Crippen molar-refractivity contribution < 1.29 is 8.95 Å². The zero-order valence-electron chi connectivity index (χ0n) is 11.7. The highest BCUT2D eigenvalue weighted by atomic mass is 32.2. The number of imidazole rings is 1. The van der Waals surface area contributed by atoms with Crippen LogP contribution in [0.2, 0.25) is 0 Å². The Morgan fingerprint density at radius 1 is 1.29 bits per heavy atom. The second-order valence-electron chi connectivity index (χ2n) is 4.66. The molecular weight excluding hydrogens is 286 g/mol. The second-order valence-corrected chi connectivity index (χ2v) is 6.03. The van der Waals surface area contributed by atoms with Gasteiger partial charge in [-0.2, -0.15) is 0 Å². The van der Waals surface area contributed by atoms with Crippen molar-refractivity contribution in [2.24, 2.45) is 0 Å². The molecule has 3 rings (SSSR count). The first kappa shape index (κ1) is 13.6. The fourth-order valence-electron chi connectivity index (χ4n) is 2.12. The molecule has 1 heterocycles. The summed E-state index contributed by atoms with van der Waals surface area (Å²) in [6, 6.07) is 10.9. The van der Waals surface area contributed by atoms with Gasteiger partial charge in [0.25, 0.3) is 0 Å². The summed E-state index contributed by atoms with van der Waals surface area (Å²) >= 11 is 0. The molecule has 3 N–H and O–H groups in total. The van der Waals surface area contributed by atoms with Crippen LogP contribution in [0.25, 0.3) is 11.0 Å². The summed E-state index contributed by atoms with van der Waals surface area (Å²) in [7, 11) is 0.207. The average Bonchev–Trinajstić information content (AvgIpc) is 2.92. The minimum absolute atomic E-state index is 0.409. The van der Waals surface area contributed by atoms with E-state index < -0.39 is 10.8 Å². The van der Waals surface area contributed by atoms with Gasteiger partial charge in [-0.1, -0.05) is 6.07 Å². The molecule has 0 aliphatic rings. The third-order valence-electron chi connectivity index (χ3n) is 3.37. The van der Waals surface area contributed by atoms with Crippen LogP contribution < -0.4 is 10.5 Å². The number of hydrogen-bond acceptors (Lipinski definition) is 4. The Hall–Kier alpha value is -2.34. The van der Waals surface area contributed by atoms with Crippen molar-refractivity contribution >= 4 is 27.5 Å². The van der Waals surface area contributed by atoms with Gasteiger partial charge in [-0.3, -0.25) is 0 Å². The predicted octanol–water partition coefficient (Wildman–Crippen LogP) is 2.63. The molecule has 1 aromatic heterocycles. The van der Waals surface area contributed by atoms with Crippen LogP contribution in [0, 0.1) is 6.92 Å². The zero-order valence-corrected chi connectivity index (χ0v) is 12.5. The topological polar surface area (TPSA) is 81.0 Å². The van der Waals surface area contributed by atoms with Gasteiger partial charge in [0.2, 0.25) is 5.16 Å². The summed E-state index contributed by atoms with van der Waals surface area (Å²) in [5, 5.41) is 0.409. The number of nitrogen functional groups attached to an aromatic ring is 1. The summed E-state index contributed by atoms with van der Waals surface area (Å²) in [5.41, 5.74) is 8.85. The number of anilines is 1. The number of nitrogens with zero attached hydrogens (tertiary/aromatic N) is 1. The van der Waals surface area contributed by atoms with Crippen LogP contribution >= 0.6 is 0 Å². The first-order valence-corrected chi connectivity index (χ1v) is 7.56. The third-order valence-corrected chi connectivity index (χ3v) is 4.75. The molecule has 0 amide bonds. The highest BCUT2D eigenvalue weighted by Gasteiger charge is 2.15. The maximum atomic E-state index is 12.7. The van der Waals surface area contributed by atoms with E-state index >= 15 is 0 Å². The Balaban J connectivity index is 2.07. The van der Waals surface area contributed by atoms with Crippen LogP contribution in [0.15, 0.2) is 46.5 Å². The number of hydrogen-bond donors (Lipinski definition) is 2. The fraction of sp³-hybridized carbons (Fsp3) is 0.133. The van der Waals surface area contributed by atoms with Gasteiger partial charge in [-0.15, -0.1) is 0 Å². The number of H-pyrrole nitrogens is 1. The Morgan fingerprint density at radius 2 is 2.10 bits per heavy atom. The minimum Gasteiger partial charge on any atom is -0.497 e. The SMILES string of the molecule is COc1ccc2nc(S(=O)c3cccc(N)c3C)[nH]c2c1. The van der Waals surface area contributed by atoms with Crippen molar-refractivity contribution in [2.45, 2.75) is 17.0 Å². The summed E-state index contributed by atoms with van der Waals surface area (Å²) < 4.78 is 17.8. The minimum atomic E-state index is -1.40. The lowest BCUT2D eigenvalue weighted by atomic mass is 10.2. The quantitative estimate of drug-likeness (QED) is 0.729. The lowest BCUT2D eigenvalue weighted by Gasteiger charge is -2.05. The summed E-state index contributed by atoms with van der Waals surface area (Å²) in [6.07, 6.45) is 0. The van der Waals surface area contributed by atoms with Crippen molar-refractivity contribution in [3.63, 3.8) is 0 Å². The molecular formula is C15H15N3O2S. The smallest absolute Gasteiger partial charge is 0.202 e. The van der Waals surface area contributed by atoms with Crippen LogP contribution in [-0.4, -0.2) is 21.3 Å². The maximum absolute atomic E-state index is 12.7. The standard InChI is InChI=1S/C15H15N3O2S/c1-9-11(16)4-3-5-14(9)21(19)15-17-12-7-6-10(20-2)8-13(12)18-15/h3-8H,16H2,1-2H3,(H,17,18). The van der Waals surface area contributed by atoms with E-state index in [9.17, 15) is 4.21 Å². The van der Waals surface area contributed by atoms with E-state index in [0.29, 0.717) is 15.7 Å². The molecule has 0 aliphatic carbocycles. The summed E-state index contributed by atoms with van der Waals surface area (Å²) in [4.78, 5) is 8.13. The molecule has 21 heavy (non-hydrogen) atoms. The normalized spacial score (nSPS) is 12.5. The Morgan fingerprint density at radius 3 is 2.86 bits per heavy atom. The fourth-order valence-corrected chi connectivity index (χ4v) is 3.31. The van der Waals surface area contributed by atoms with Gasteiger partial charge in [0.15, 0.2) is 0 Å². The number of fused-ring (bicyclic) bond motifs is 1. The highest BCUT2D eigenvalue weighted by Crippen LogP contribution is 2.25. The molecule has 0 saturated carbocycles. The number of nitrogens with one attached hydrogen (secondary N) is 1. The molecule has 6 heteroatoms. The van der Waals surface area contributed by atoms with Crippen molar-refractivity contribution in [1.29, 1.82) is 0 Å². The molecule has 5 nitrogen and oxygen atoms in total. The first-order chi connectivity index (χ1) is 10.1. The van der Waals surface area contributed by atoms with E-state index in [0.717, 1.165) is 22.3 Å². The van der Waals surface area contributed by atoms with Crippen LogP contribution in [0.4, 0.5) is 5.69 Å². The van der Waals surface area contributed by atoms with Gasteiger partial charge in [-0.25, -0.2) is 9.19 Å². The highest BCUT2D eigenvalue weighted by molar-refractivity contribution is 7.85. The van der Waals surface area contributed by atoms with Crippen LogP contribution in [0.3, 0.4) is 0 Å². The number of rotatable bonds is 3. The number of aromatic nitrogens is 2. The Labute approximate surface area is 124 Å².